The van der Waals surface area contributed by atoms with Crippen molar-refractivity contribution in [3.63, 3.8) is 0 Å². The van der Waals surface area contributed by atoms with Crippen molar-refractivity contribution in [2.24, 2.45) is 0 Å². The number of nitrogens with zero attached hydrogens (tertiary/aromatic N) is 3. The smallest absolute Gasteiger partial charge is 0.252 e. The maximum Gasteiger partial charge on any atom is 0.252 e. The molecule has 3 aromatic rings. The number of benzene rings is 1. The lowest BCUT2D eigenvalue weighted by Crippen LogP contribution is -2.42. The Kier molecular flexibility index (Phi) is 8.65. The number of thiazole rings is 1. The van der Waals surface area contributed by atoms with E-state index in [0.29, 0.717) is 25.2 Å². The lowest BCUT2D eigenvalue weighted by molar-refractivity contribution is 0.214. The Morgan fingerprint density at radius 2 is 1.78 bits per heavy atom. The molecule has 4 rings (SSSR count). The fraction of sp³-hybridized carbons (Fsp3) is 0.517. The Labute approximate surface area is 219 Å². The summed E-state index contributed by atoms with van der Waals surface area (Å²) < 4.78 is 0. The van der Waals surface area contributed by atoms with Gasteiger partial charge in [0.05, 0.1) is 11.2 Å². The van der Waals surface area contributed by atoms with Crippen molar-refractivity contribution in [3.8, 4) is 11.3 Å². The van der Waals surface area contributed by atoms with Crippen molar-refractivity contribution >= 4 is 17.0 Å². The number of hydrogen-bond acceptors (Lipinski definition) is 6. The van der Waals surface area contributed by atoms with Gasteiger partial charge in [0.1, 0.15) is 0 Å². The number of anilines is 1. The number of nitrogens with one attached hydrogen (secondary N) is 2. The second-order valence-corrected chi connectivity index (χ2v) is 11.1. The van der Waals surface area contributed by atoms with E-state index in [0.717, 1.165) is 29.1 Å². The predicted molar refractivity (Wildman–Crippen MR) is 152 cm³/mol. The molecular weight excluding hydrogens is 466 g/mol. The zero-order chi connectivity index (χ0) is 25.8. The van der Waals surface area contributed by atoms with E-state index in [1.165, 1.54) is 48.1 Å². The van der Waals surface area contributed by atoms with Crippen molar-refractivity contribution < 1.29 is 0 Å². The second kappa shape index (κ2) is 11.7. The van der Waals surface area contributed by atoms with Crippen LogP contribution in [0.2, 0.25) is 0 Å². The maximum atomic E-state index is 12.5. The van der Waals surface area contributed by atoms with Crippen LogP contribution in [0.3, 0.4) is 0 Å². The van der Waals surface area contributed by atoms with Gasteiger partial charge in [0, 0.05) is 59.6 Å². The van der Waals surface area contributed by atoms with Gasteiger partial charge in [-0.3, -0.25) is 4.79 Å². The van der Waals surface area contributed by atoms with E-state index in [9.17, 15) is 4.79 Å². The van der Waals surface area contributed by atoms with Crippen molar-refractivity contribution in [2.75, 3.05) is 25.5 Å². The minimum atomic E-state index is -0.000815. The molecule has 0 unspecified atom stereocenters. The van der Waals surface area contributed by atoms with Gasteiger partial charge in [-0.15, -0.1) is 11.3 Å². The Balaban J connectivity index is 1.60. The fourth-order valence-electron chi connectivity index (χ4n) is 5.68. The minimum absolute atomic E-state index is 0.000815. The molecule has 2 N–H and O–H groups in total. The summed E-state index contributed by atoms with van der Waals surface area (Å²) in [5, 5.41) is 5.68. The highest BCUT2D eigenvalue weighted by molar-refractivity contribution is 7.07. The van der Waals surface area contributed by atoms with Gasteiger partial charge in [0.25, 0.3) is 5.56 Å². The predicted octanol–water partition coefficient (Wildman–Crippen LogP) is 5.41. The summed E-state index contributed by atoms with van der Waals surface area (Å²) in [5.74, 6) is 0. The molecule has 36 heavy (non-hydrogen) atoms. The van der Waals surface area contributed by atoms with E-state index in [4.69, 9.17) is 0 Å². The van der Waals surface area contributed by atoms with Gasteiger partial charge < -0.3 is 20.1 Å². The molecule has 2 heterocycles. The van der Waals surface area contributed by atoms with Crippen LogP contribution in [0.25, 0.3) is 11.3 Å². The molecule has 0 amide bonds. The molecule has 6 nitrogen and oxygen atoms in total. The van der Waals surface area contributed by atoms with Gasteiger partial charge in [-0.05, 0) is 102 Å². The number of hydrogen-bond donors (Lipinski definition) is 2. The third kappa shape index (κ3) is 5.90. The molecule has 7 heteroatoms. The lowest BCUT2D eigenvalue weighted by atomic mass is 9.88. The van der Waals surface area contributed by atoms with Gasteiger partial charge in [-0.1, -0.05) is 0 Å². The number of aryl methyl sites for hydroxylation is 2. The average Bonchev–Trinajstić information content (AvgIpc) is 3.38. The molecule has 1 aromatic carbocycles. The highest BCUT2D eigenvalue weighted by atomic mass is 32.1. The van der Waals surface area contributed by atoms with Crippen molar-refractivity contribution in [3.05, 3.63) is 67.4 Å². The van der Waals surface area contributed by atoms with Crippen molar-refractivity contribution in [1.82, 2.24) is 20.2 Å². The van der Waals surface area contributed by atoms with Gasteiger partial charge >= 0.3 is 0 Å². The molecule has 0 saturated heterocycles. The quantitative estimate of drug-likeness (QED) is 0.405. The topological polar surface area (TPSA) is 64.3 Å². The zero-order valence-electron chi connectivity index (χ0n) is 22.6. The summed E-state index contributed by atoms with van der Waals surface area (Å²) >= 11 is 1.63. The third-order valence-corrected chi connectivity index (χ3v) is 8.40. The van der Waals surface area contributed by atoms with E-state index in [2.05, 4.69) is 70.5 Å². The van der Waals surface area contributed by atoms with Crippen LogP contribution in [0.15, 0.2) is 33.9 Å². The van der Waals surface area contributed by atoms with Crippen LogP contribution >= 0.6 is 11.3 Å². The van der Waals surface area contributed by atoms with Crippen LogP contribution in [-0.4, -0.2) is 47.6 Å². The number of aromatic nitrogens is 2. The number of pyridine rings is 1. The van der Waals surface area contributed by atoms with Gasteiger partial charge in [0.2, 0.25) is 0 Å². The van der Waals surface area contributed by atoms with Crippen LogP contribution in [0, 0.1) is 20.8 Å². The van der Waals surface area contributed by atoms with Crippen LogP contribution in [-0.2, 0) is 13.1 Å². The Hall–Kier alpha value is -2.48. The number of rotatable bonds is 9. The molecule has 1 aliphatic rings. The van der Waals surface area contributed by atoms with Gasteiger partial charge in [-0.25, -0.2) is 4.98 Å². The summed E-state index contributed by atoms with van der Waals surface area (Å²) in [4.78, 5) is 25.0. The van der Waals surface area contributed by atoms with E-state index < -0.39 is 0 Å². The van der Waals surface area contributed by atoms with Crippen LogP contribution in [0.1, 0.15) is 60.6 Å². The lowest BCUT2D eigenvalue weighted by Gasteiger charge is -2.40. The largest absolute Gasteiger partial charge is 0.369 e. The monoisotopic (exact) mass is 507 g/mol. The van der Waals surface area contributed by atoms with E-state index in [1.807, 2.05) is 25.4 Å². The first-order chi connectivity index (χ1) is 17.3. The summed E-state index contributed by atoms with van der Waals surface area (Å²) in [5.41, 5.74) is 10.7. The number of H-pyrrole nitrogens is 1. The van der Waals surface area contributed by atoms with Crippen molar-refractivity contribution in [1.29, 1.82) is 0 Å². The zero-order valence-corrected chi connectivity index (χ0v) is 23.5. The molecule has 2 aromatic heterocycles. The highest BCUT2D eigenvalue weighted by Gasteiger charge is 2.27. The first-order valence-electron chi connectivity index (χ1n) is 13.1. The molecular formula is C29H41N5OS. The third-order valence-electron chi connectivity index (χ3n) is 7.81. The van der Waals surface area contributed by atoms with E-state index in [1.54, 1.807) is 11.3 Å². The maximum absolute atomic E-state index is 12.5. The summed E-state index contributed by atoms with van der Waals surface area (Å²) in [6.45, 7) is 10.7. The summed E-state index contributed by atoms with van der Waals surface area (Å²) in [6.07, 6.45) is 4.94. The van der Waals surface area contributed by atoms with Gasteiger partial charge in [-0.2, -0.15) is 0 Å². The molecule has 0 spiro atoms. The molecule has 194 valence electrons. The molecule has 1 fully saturated rings. The van der Waals surface area contributed by atoms with Crippen LogP contribution in [0.5, 0.6) is 0 Å². The Morgan fingerprint density at radius 1 is 1.06 bits per heavy atom. The molecule has 0 bridgehead atoms. The molecule has 0 aliphatic heterocycles. The first kappa shape index (κ1) is 26.6. The second-order valence-electron chi connectivity index (χ2n) is 10.4. The van der Waals surface area contributed by atoms with E-state index >= 15 is 0 Å². The molecule has 1 aliphatic carbocycles. The molecule has 0 radical (unpaired) electrons. The van der Waals surface area contributed by atoms with Crippen molar-refractivity contribution in [2.45, 2.75) is 78.6 Å². The minimum Gasteiger partial charge on any atom is -0.369 e. The molecule has 0 atom stereocenters. The number of aromatic amines is 1. The normalized spacial score (nSPS) is 18.1. The van der Waals surface area contributed by atoms with Crippen LogP contribution in [0.4, 0.5) is 5.69 Å². The summed E-state index contributed by atoms with van der Waals surface area (Å²) in [7, 11) is 4.41. The SMILES string of the molecule is CCN(c1cc(-c2cscn2)cc(CNCc2c(C)cc(C)[nH]c2=O)c1C)C1CCC(N(C)C)CC1. The average molecular weight is 508 g/mol. The fourth-order valence-corrected chi connectivity index (χ4v) is 6.24. The summed E-state index contributed by atoms with van der Waals surface area (Å²) in [6, 6.07) is 7.89. The van der Waals surface area contributed by atoms with Crippen LogP contribution < -0.4 is 15.8 Å². The standard InChI is InChI=1S/C29H41N5OS/c1-7-34(25-10-8-24(9-11-25)33(5)6)28-14-22(27-17-36-18-31-27)13-23(21(28)4)15-30-16-26-19(2)12-20(3)32-29(26)35/h12-14,17-18,24-25,30H,7-11,15-16H2,1-6H3,(H,32,35). The molecule has 1 saturated carbocycles. The van der Waals surface area contributed by atoms with E-state index in [-0.39, 0.29) is 5.56 Å². The Morgan fingerprint density at radius 3 is 2.39 bits per heavy atom. The first-order valence-corrected chi connectivity index (χ1v) is 14.1. The highest BCUT2D eigenvalue weighted by Crippen LogP contribution is 2.35. The van der Waals surface area contributed by atoms with Gasteiger partial charge in [0.15, 0.2) is 0 Å². The Bertz CT molecular complexity index is 1210.